The standard InChI is InChI=1S/C16H14N2O2/c1-20-11-8-6-10(7-9-11)15-14(17)12-4-2-3-5-13(12)16(19)18-15/h2-9H,17H2,1H3,(H,18,19). The number of fused-ring (bicyclic) bond motifs is 1. The van der Waals surface area contributed by atoms with E-state index in [0.717, 1.165) is 16.7 Å². The number of pyridine rings is 1. The van der Waals surface area contributed by atoms with Crippen LogP contribution in [0.1, 0.15) is 0 Å². The van der Waals surface area contributed by atoms with Gasteiger partial charge in [-0.1, -0.05) is 18.2 Å². The second-order valence-electron chi connectivity index (χ2n) is 4.52. The Balaban J connectivity index is 2.25. The molecule has 0 unspecified atom stereocenters. The first-order valence-electron chi connectivity index (χ1n) is 6.25. The zero-order valence-electron chi connectivity index (χ0n) is 11.0. The van der Waals surface area contributed by atoms with E-state index < -0.39 is 0 Å². The summed E-state index contributed by atoms with van der Waals surface area (Å²) in [4.78, 5) is 15.0. The number of aromatic nitrogens is 1. The highest BCUT2D eigenvalue weighted by atomic mass is 16.5. The Bertz CT molecular complexity index is 820. The van der Waals surface area contributed by atoms with Crippen LogP contribution in [0.2, 0.25) is 0 Å². The Labute approximate surface area is 115 Å². The fraction of sp³-hybridized carbons (Fsp3) is 0.0625. The van der Waals surface area contributed by atoms with Gasteiger partial charge in [-0.3, -0.25) is 4.79 Å². The second kappa shape index (κ2) is 4.74. The number of nitrogens with two attached hydrogens (primary N) is 1. The Morgan fingerprint density at radius 2 is 1.65 bits per heavy atom. The molecular formula is C16H14N2O2. The predicted octanol–water partition coefficient (Wildman–Crippen LogP) is 2.79. The molecule has 3 N–H and O–H groups in total. The van der Waals surface area contributed by atoms with E-state index in [4.69, 9.17) is 10.5 Å². The predicted molar refractivity (Wildman–Crippen MR) is 81.0 cm³/mol. The lowest BCUT2D eigenvalue weighted by atomic mass is 10.0. The van der Waals surface area contributed by atoms with Gasteiger partial charge in [0, 0.05) is 16.3 Å². The molecule has 1 heterocycles. The average Bonchev–Trinajstić information content (AvgIpc) is 2.51. The number of nitrogen functional groups attached to an aromatic ring is 1. The van der Waals surface area contributed by atoms with Gasteiger partial charge in [0.05, 0.1) is 18.5 Å². The van der Waals surface area contributed by atoms with Crippen molar-refractivity contribution in [3.63, 3.8) is 0 Å². The summed E-state index contributed by atoms with van der Waals surface area (Å²) < 4.78 is 5.13. The number of methoxy groups -OCH3 is 1. The second-order valence-corrected chi connectivity index (χ2v) is 4.52. The van der Waals surface area contributed by atoms with Gasteiger partial charge in [0.25, 0.3) is 5.56 Å². The molecule has 3 rings (SSSR count). The maximum absolute atomic E-state index is 12.1. The molecule has 0 saturated heterocycles. The van der Waals surface area contributed by atoms with Crippen LogP contribution in [-0.4, -0.2) is 12.1 Å². The third kappa shape index (κ3) is 1.91. The smallest absolute Gasteiger partial charge is 0.256 e. The van der Waals surface area contributed by atoms with E-state index in [1.54, 1.807) is 13.2 Å². The van der Waals surface area contributed by atoms with Gasteiger partial charge in [0.2, 0.25) is 0 Å². The number of aromatic amines is 1. The molecule has 0 aliphatic carbocycles. The van der Waals surface area contributed by atoms with Crippen molar-refractivity contribution in [3.05, 3.63) is 58.9 Å². The zero-order chi connectivity index (χ0) is 14.1. The SMILES string of the molecule is COc1ccc(-c2[nH]c(=O)c3ccccc3c2N)cc1. The minimum Gasteiger partial charge on any atom is -0.497 e. The molecule has 3 aromatic rings. The fourth-order valence-electron chi connectivity index (χ4n) is 2.28. The van der Waals surface area contributed by atoms with Gasteiger partial charge in [-0.25, -0.2) is 0 Å². The quantitative estimate of drug-likeness (QED) is 0.749. The Kier molecular flexibility index (Phi) is 2.91. The third-order valence-corrected chi connectivity index (χ3v) is 3.35. The molecule has 0 atom stereocenters. The summed E-state index contributed by atoms with van der Waals surface area (Å²) in [5, 5.41) is 1.37. The molecule has 0 fully saturated rings. The van der Waals surface area contributed by atoms with Gasteiger partial charge in [0.1, 0.15) is 5.75 Å². The number of rotatable bonds is 2. The van der Waals surface area contributed by atoms with E-state index in [2.05, 4.69) is 4.98 Å². The van der Waals surface area contributed by atoms with Crippen LogP contribution in [0.5, 0.6) is 5.75 Å². The van der Waals surface area contributed by atoms with Crippen LogP contribution in [0.3, 0.4) is 0 Å². The molecule has 2 aromatic carbocycles. The highest BCUT2D eigenvalue weighted by Crippen LogP contribution is 2.29. The van der Waals surface area contributed by atoms with Crippen LogP contribution in [0, 0.1) is 0 Å². The summed E-state index contributed by atoms with van der Waals surface area (Å²) in [7, 11) is 1.61. The summed E-state index contributed by atoms with van der Waals surface area (Å²) in [6.45, 7) is 0. The normalized spacial score (nSPS) is 10.7. The van der Waals surface area contributed by atoms with Gasteiger partial charge >= 0.3 is 0 Å². The molecule has 0 radical (unpaired) electrons. The van der Waals surface area contributed by atoms with Crippen molar-refractivity contribution in [1.29, 1.82) is 0 Å². The molecule has 0 saturated carbocycles. The van der Waals surface area contributed by atoms with Crippen molar-refractivity contribution in [2.75, 3.05) is 12.8 Å². The Hall–Kier alpha value is -2.75. The highest BCUT2D eigenvalue weighted by Gasteiger charge is 2.10. The largest absolute Gasteiger partial charge is 0.497 e. The highest BCUT2D eigenvalue weighted by molar-refractivity contribution is 5.98. The topological polar surface area (TPSA) is 68.1 Å². The Morgan fingerprint density at radius 3 is 2.30 bits per heavy atom. The van der Waals surface area contributed by atoms with Gasteiger partial charge < -0.3 is 15.5 Å². The zero-order valence-corrected chi connectivity index (χ0v) is 11.0. The summed E-state index contributed by atoms with van der Waals surface area (Å²) in [6, 6.07) is 14.7. The molecule has 0 amide bonds. The number of benzene rings is 2. The van der Waals surface area contributed by atoms with Crippen molar-refractivity contribution in [2.45, 2.75) is 0 Å². The lowest BCUT2D eigenvalue weighted by molar-refractivity contribution is 0.415. The summed E-state index contributed by atoms with van der Waals surface area (Å²) >= 11 is 0. The lowest BCUT2D eigenvalue weighted by Gasteiger charge is -2.09. The first-order chi connectivity index (χ1) is 9.70. The van der Waals surface area contributed by atoms with Gasteiger partial charge in [-0.05, 0) is 30.3 Å². The average molecular weight is 266 g/mol. The first-order valence-corrected chi connectivity index (χ1v) is 6.25. The van der Waals surface area contributed by atoms with Gasteiger partial charge in [-0.2, -0.15) is 0 Å². The maximum Gasteiger partial charge on any atom is 0.256 e. The number of hydrogen-bond acceptors (Lipinski definition) is 3. The molecule has 0 spiro atoms. The van der Waals surface area contributed by atoms with E-state index in [9.17, 15) is 4.79 Å². The fourth-order valence-corrected chi connectivity index (χ4v) is 2.28. The molecule has 0 aliphatic rings. The van der Waals surface area contributed by atoms with Gasteiger partial charge in [0.15, 0.2) is 0 Å². The maximum atomic E-state index is 12.1. The number of H-pyrrole nitrogens is 1. The van der Waals surface area contributed by atoms with Crippen molar-refractivity contribution in [2.24, 2.45) is 0 Å². The summed E-state index contributed by atoms with van der Waals surface area (Å²) in [5.41, 5.74) is 8.11. The van der Waals surface area contributed by atoms with E-state index in [1.807, 2.05) is 42.5 Å². The van der Waals surface area contributed by atoms with Crippen LogP contribution in [0.15, 0.2) is 53.3 Å². The van der Waals surface area contributed by atoms with E-state index in [-0.39, 0.29) is 5.56 Å². The van der Waals surface area contributed by atoms with Crippen molar-refractivity contribution in [3.8, 4) is 17.0 Å². The van der Waals surface area contributed by atoms with E-state index in [0.29, 0.717) is 16.8 Å². The third-order valence-electron chi connectivity index (χ3n) is 3.35. The number of anilines is 1. The molecule has 1 aromatic heterocycles. The van der Waals surface area contributed by atoms with Crippen molar-refractivity contribution >= 4 is 16.5 Å². The molecule has 100 valence electrons. The van der Waals surface area contributed by atoms with Crippen LogP contribution >= 0.6 is 0 Å². The van der Waals surface area contributed by atoms with Crippen molar-refractivity contribution < 1.29 is 4.74 Å². The molecule has 4 heteroatoms. The molecule has 4 nitrogen and oxygen atoms in total. The van der Waals surface area contributed by atoms with E-state index in [1.165, 1.54) is 0 Å². The molecule has 20 heavy (non-hydrogen) atoms. The minimum absolute atomic E-state index is 0.138. The van der Waals surface area contributed by atoms with Crippen LogP contribution in [0.4, 0.5) is 5.69 Å². The lowest BCUT2D eigenvalue weighted by Crippen LogP contribution is -2.10. The van der Waals surface area contributed by atoms with Crippen LogP contribution in [0.25, 0.3) is 22.0 Å². The monoisotopic (exact) mass is 266 g/mol. The van der Waals surface area contributed by atoms with E-state index >= 15 is 0 Å². The Morgan fingerprint density at radius 1 is 1.00 bits per heavy atom. The number of hydrogen-bond donors (Lipinski definition) is 2. The summed E-state index contributed by atoms with van der Waals surface area (Å²) in [6.07, 6.45) is 0. The van der Waals surface area contributed by atoms with Crippen molar-refractivity contribution in [1.82, 2.24) is 4.98 Å². The van der Waals surface area contributed by atoms with Crippen LogP contribution < -0.4 is 16.0 Å². The minimum atomic E-state index is -0.138. The van der Waals surface area contributed by atoms with Crippen LogP contribution in [-0.2, 0) is 0 Å². The molecule has 0 aliphatic heterocycles. The molecule has 0 bridgehead atoms. The molecular weight excluding hydrogens is 252 g/mol. The number of nitrogens with one attached hydrogen (secondary N) is 1. The number of ether oxygens (including phenoxy) is 1. The van der Waals surface area contributed by atoms with Gasteiger partial charge in [-0.15, -0.1) is 0 Å². The first kappa shape index (κ1) is 12.3. The summed E-state index contributed by atoms with van der Waals surface area (Å²) in [5.74, 6) is 0.760.